The highest BCUT2D eigenvalue weighted by molar-refractivity contribution is 7.99. The molecule has 13 heavy (non-hydrogen) atoms. The molecule has 2 atom stereocenters. The van der Waals surface area contributed by atoms with Crippen molar-refractivity contribution in [2.24, 2.45) is 0 Å². The van der Waals surface area contributed by atoms with Gasteiger partial charge >= 0.3 is 0 Å². The maximum Gasteiger partial charge on any atom is 0.229 e. The zero-order chi connectivity index (χ0) is 9.68. The summed E-state index contributed by atoms with van der Waals surface area (Å²) in [5, 5.41) is 2.60. The van der Waals surface area contributed by atoms with Gasteiger partial charge < -0.3 is 10.1 Å². The van der Waals surface area contributed by atoms with E-state index in [1.54, 1.807) is 18.8 Å². The highest BCUT2D eigenvalue weighted by Crippen LogP contribution is 2.21. The predicted molar refractivity (Wildman–Crippen MR) is 55.0 cm³/mol. The van der Waals surface area contributed by atoms with Gasteiger partial charge in [-0.2, -0.15) is 0 Å². The zero-order valence-electron chi connectivity index (χ0n) is 8.21. The normalized spacial score (nSPS) is 27.5. The van der Waals surface area contributed by atoms with E-state index in [0.717, 1.165) is 18.6 Å². The molecule has 0 spiro atoms. The first-order valence-electron chi connectivity index (χ1n) is 4.66. The van der Waals surface area contributed by atoms with Gasteiger partial charge in [-0.3, -0.25) is 4.79 Å². The topological polar surface area (TPSA) is 38.3 Å². The Bertz CT molecular complexity index is 175. The summed E-state index contributed by atoms with van der Waals surface area (Å²) in [7, 11) is 1.66. The number of thioether (sulfide) groups is 1. The molecule has 0 saturated carbocycles. The molecule has 1 heterocycles. The van der Waals surface area contributed by atoms with Crippen LogP contribution in [0.1, 0.15) is 19.8 Å². The Hall–Kier alpha value is -0.220. The SMILES string of the molecule is CNC(=O)CSC[C@H]1CC[C@H](C)O1. The van der Waals surface area contributed by atoms with Gasteiger partial charge in [-0.15, -0.1) is 11.8 Å². The number of carbonyl (C=O) groups is 1. The molecule has 1 N–H and O–H groups in total. The Kier molecular flexibility index (Phi) is 4.59. The van der Waals surface area contributed by atoms with Crippen molar-refractivity contribution < 1.29 is 9.53 Å². The Morgan fingerprint density at radius 2 is 2.38 bits per heavy atom. The van der Waals surface area contributed by atoms with E-state index in [0.29, 0.717) is 18.0 Å². The zero-order valence-corrected chi connectivity index (χ0v) is 9.02. The lowest BCUT2D eigenvalue weighted by molar-refractivity contribution is -0.118. The van der Waals surface area contributed by atoms with E-state index in [1.807, 2.05) is 0 Å². The molecule has 1 amide bonds. The Labute approximate surface area is 83.6 Å². The first kappa shape index (κ1) is 10.9. The summed E-state index contributed by atoms with van der Waals surface area (Å²) >= 11 is 1.65. The fourth-order valence-corrected chi connectivity index (χ4v) is 2.32. The summed E-state index contributed by atoms with van der Waals surface area (Å²) in [5.41, 5.74) is 0. The van der Waals surface area contributed by atoms with Gasteiger partial charge in [-0.05, 0) is 19.8 Å². The summed E-state index contributed by atoms with van der Waals surface area (Å²) in [6.45, 7) is 2.10. The molecule has 1 aliphatic rings. The molecule has 3 nitrogen and oxygen atoms in total. The minimum absolute atomic E-state index is 0.0936. The van der Waals surface area contributed by atoms with Crippen molar-refractivity contribution in [2.75, 3.05) is 18.6 Å². The number of amides is 1. The largest absolute Gasteiger partial charge is 0.374 e. The van der Waals surface area contributed by atoms with E-state index in [4.69, 9.17) is 4.74 Å². The molecule has 0 radical (unpaired) electrons. The van der Waals surface area contributed by atoms with Gasteiger partial charge in [0.15, 0.2) is 0 Å². The molecule has 1 aliphatic heterocycles. The molecule has 0 unspecified atom stereocenters. The van der Waals surface area contributed by atoms with Crippen LogP contribution in [0.4, 0.5) is 0 Å². The second kappa shape index (κ2) is 5.50. The van der Waals surface area contributed by atoms with Crippen molar-refractivity contribution in [3.63, 3.8) is 0 Å². The molecule has 76 valence electrons. The second-order valence-corrected chi connectivity index (χ2v) is 4.36. The standard InChI is InChI=1S/C9H17NO2S/c1-7-3-4-8(12-7)5-13-6-9(11)10-2/h7-8H,3-6H2,1-2H3,(H,10,11)/t7-,8+/m0/s1. The second-order valence-electron chi connectivity index (χ2n) is 3.33. The number of rotatable bonds is 4. The van der Waals surface area contributed by atoms with Gasteiger partial charge in [0.1, 0.15) is 0 Å². The summed E-state index contributed by atoms with van der Waals surface area (Å²) in [6.07, 6.45) is 3.07. The van der Waals surface area contributed by atoms with Gasteiger partial charge in [0.2, 0.25) is 5.91 Å². The molecule has 0 aromatic carbocycles. The minimum atomic E-state index is 0.0936. The smallest absolute Gasteiger partial charge is 0.229 e. The summed E-state index contributed by atoms with van der Waals surface area (Å²) in [6, 6.07) is 0. The van der Waals surface area contributed by atoms with Crippen molar-refractivity contribution in [1.82, 2.24) is 5.32 Å². The van der Waals surface area contributed by atoms with Crippen molar-refractivity contribution in [2.45, 2.75) is 32.0 Å². The quantitative estimate of drug-likeness (QED) is 0.741. The number of hydrogen-bond donors (Lipinski definition) is 1. The van der Waals surface area contributed by atoms with Gasteiger partial charge in [0, 0.05) is 12.8 Å². The Morgan fingerprint density at radius 1 is 1.62 bits per heavy atom. The van der Waals surface area contributed by atoms with Crippen LogP contribution in [-0.4, -0.2) is 36.7 Å². The molecule has 1 rings (SSSR count). The summed E-state index contributed by atoms with van der Waals surface area (Å²) in [4.78, 5) is 10.9. The molecular formula is C9H17NO2S. The van der Waals surface area contributed by atoms with Crippen LogP contribution < -0.4 is 5.32 Å². The first-order valence-corrected chi connectivity index (χ1v) is 5.81. The van der Waals surface area contributed by atoms with E-state index in [2.05, 4.69) is 12.2 Å². The number of carbonyl (C=O) groups excluding carboxylic acids is 1. The molecular weight excluding hydrogens is 186 g/mol. The lowest BCUT2D eigenvalue weighted by Gasteiger charge is -2.09. The summed E-state index contributed by atoms with van der Waals surface area (Å²) < 4.78 is 5.62. The van der Waals surface area contributed by atoms with Crippen LogP contribution in [-0.2, 0) is 9.53 Å². The van der Waals surface area contributed by atoms with Crippen molar-refractivity contribution >= 4 is 17.7 Å². The van der Waals surface area contributed by atoms with Gasteiger partial charge in [0.25, 0.3) is 0 Å². The van der Waals surface area contributed by atoms with Crippen molar-refractivity contribution in [3.8, 4) is 0 Å². The third kappa shape index (κ3) is 4.00. The maximum absolute atomic E-state index is 10.9. The number of nitrogens with one attached hydrogen (secondary N) is 1. The first-order chi connectivity index (χ1) is 6.22. The van der Waals surface area contributed by atoms with Crippen LogP contribution in [0.15, 0.2) is 0 Å². The molecule has 4 heteroatoms. The lowest BCUT2D eigenvalue weighted by atomic mass is 10.2. The van der Waals surface area contributed by atoms with Crippen LogP contribution in [0.2, 0.25) is 0 Å². The molecule has 0 aromatic rings. The van der Waals surface area contributed by atoms with Crippen LogP contribution in [0, 0.1) is 0 Å². The molecule has 0 bridgehead atoms. The van der Waals surface area contributed by atoms with Crippen molar-refractivity contribution in [1.29, 1.82) is 0 Å². The summed E-state index contributed by atoms with van der Waals surface area (Å²) in [5.74, 6) is 1.58. The fraction of sp³-hybridized carbons (Fsp3) is 0.889. The molecule has 1 fully saturated rings. The Balaban J connectivity index is 2.03. The van der Waals surface area contributed by atoms with E-state index in [-0.39, 0.29) is 5.91 Å². The maximum atomic E-state index is 10.9. The highest BCUT2D eigenvalue weighted by atomic mass is 32.2. The fourth-order valence-electron chi connectivity index (χ4n) is 1.36. The average Bonchev–Trinajstić information content (AvgIpc) is 2.51. The minimum Gasteiger partial charge on any atom is -0.374 e. The van der Waals surface area contributed by atoms with Gasteiger partial charge in [0.05, 0.1) is 18.0 Å². The van der Waals surface area contributed by atoms with Gasteiger partial charge in [-0.1, -0.05) is 0 Å². The Morgan fingerprint density at radius 3 is 2.92 bits per heavy atom. The number of ether oxygens (including phenoxy) is 1. The third-order valence-electron chi connectivity index (χ3n) is 2.14. The lowest BCUT2D eigenvalue weighted by Crippen LogP contribution is -2.21. The average molecular weight is 203 g/mol. The molecule has 0 aliphatic carbocycles. The van der Waals surface area contributed by atoms with Crippen LogP contribution in [0.5, 0.6) is 0 Å². The van der Waals surface area contributed by atoms with E-state index in [9.17, 15) is 4.79 Å². The van der Waals surface area contributed by atoms with Crippen LogP contribution in [0.3, 0.4) is 0 Å². The number of hydrogen-bond acceptors (Lipinski definition) is 3. The molecule has 1 saturated heterocycles. The third-order valence-corrected chi connectivity index (χ3v) is 3.21. The monoisotopic (exact) mass is 203 g/mol. The van der Waals surface area contributed by atoms with Crippen LogP contribution >= 0.6 is 11.8 Å². The van der Waals surface area contributed by atoms with E-state index < -0.39 is 0 Å². The van der Waals surface area contributed by atoms with Gasteiger partial charge in [-0.25, -0.2) is 0 Å². The van der Waals surface area contributed by atoms with Crippen LogP contribution in [0.25, 0.3) is 0 Å². The van der Waals surface area contributed by atoms with E-state index >= 15 is 0 Å². The van der Waals surface area contributed by atoms with E-state index in [1.165, 1.54) is 0 Å². The van der Waals surface area contributed by atoms with Crippen molar-refractivity contribution in [3.05, 3.63) is 0 Å². The predicted octanol–water partition coefficient (Wildman–Crippen LogP) is 1.03. The highest BCUT2D eigenvalue weighted by Gasteiger charge is 2.21. The molecule has 0 aromatic heterocycles.